The SMILES string of the molecule is CCOc1c(Br)cc(CNCC2CCCC2O)cc1Br. The maximum absolute atomic E-state index is 9.80. The van der Waals surface area contributed by atoms with Crippen molar-refractivity contribution < 1.29 is 9.84 Å². The van der Waals surface area contributed by atoms with Gasteiger partial charge in [-0.3, -0.25) is 0 Å². The van der Waals surface area contributed by atoms with Gasteiger partial charge in [0.15, 0.2) is 0 Å². The molecule has 0 heterocycles. The summed E-state index contributed by atoms with van der Waals surface area (Å²) < 4.78 is 7.50. The van der Waals surface area contributed by atoms with Gasteiger partial charge in [-0.25, -0.2) is 0 Å². The van der Waals surface area contributed by atoms with Crippen LogP contribution in [0.15, 0.2) is 21.1 Å². The molecule has 3 nitrogen and oxygen atoms in total. The minimum atomic E-state index is -0.124. The second-order valence-corrected chi connectivity index (χ2v) is 6.92. The lowest BCUT2D eigenvalue weighted by Crippen LogP contribution is -2.27. The third-order valence-corrected chi connectivity index (χ3v) is 4.88. The zero-order valence-corrected chi connectivity index (χ0v) is 14.8. The van der Waals surface area contributed by atoms with Crippen LogP contribution < -0.4 is 10.1 Å². The Morgan fingerprint density at radius 2 is 2.00 bits per heavy atom. The van der Waals surface area contributed by atoms with Gasteiger partial charge < -0.3 is 15.2 Å². The van der Waals surface area contributed by atoms with Crippen molar-refractivity contribution in [3.05, 3.63) is 26.6 Å². The van der Waals surface area contributed by atoms with Gasteiger partial charge in [0, 0.05) is 13.1 Å². The maximum Gasteiger partial charge on any atom is 0.147 e. The van der Waals surface area contributed by atoms with E-state index >= 15 is 0 Å². The van der Waals surface area contributed by atoms with Gasteiger partial charge in [0.2, 0.25) is 0 Å². The number of hydrogen-bond donors (Lipinski definition) is 2. The lowest BCUT2D eigenvalue weighted by Gasteiger charge is -2.16. The summed E-state index contributed by atoms with van der Waals surface area (Å²) in [6.07, 6.45) is 3.10. The Hall–Kier alpha value is -0.100. The predicted molar refractivity (Wildman–Crippen MR) is 88.1 cm³/mol. The summed E-state index contributed by atoms with van der Waals surface area (Å²) in [7, 11) is 0. The summed E-state index contributed by atoms with van der Waals surface area (Å²) in [5.41, 5.74) is 1.19. The normalized spacial score (nSPS) is 22.2. The molecule has 0 amide bonds. The molecule has 2 rings (SSSR count). The van der Waals surface area contributed by atoms with E-state index in [9.17, 15) is 5.11 Å². The van der Waals surface area contributed by atoms with Crippen LogP contribution in [0.1, 0.15) is 31.7 Å². The van der Waals surface area contributed by atoms with Crippen molar-refractivity contribution in [2.45, 2.75) is 38.8 Å². The van der Waals surface area contributed by atoms with Gasteiger partial charge in [-0.05, 0) is 75.2 Å². The topological polar surface area (TPSA) is 41.5 Å². The van der Waals surface area contributed by atoms with E-state index in [1.165, 1.54) is 5.56 Å². The number of aliphatic hydroxyl groups excluding tert-OH is 1. The minimum Gasteiger partial charge on any atom is -0.492 e. The lowest BCUT2D eigenvalue weighted by atomic mass is 10.1. The van der Waals surface area contributed by atoms with Gasteiger partial charge >= 0.3 is 0 Å². The van der Waals surface area contributed by atoms with Gasteiger partial charge in [0.1, 0.15) is 5.75 Å². The van der Waals surface area contributed by atoms with Gasteiger partial charge in [-0.1, -0.05) is 6.42 Å². The first kappa shape index (κ1) is 16.3. The molecular weight excluding hydrogens is 386 g/mol. The Balaban J connectivity index is 1.90. The second kappa shape index (κ2) is 7.78. The van der Waals surface area contributed by atoms with Crippen molar-refractivity contribution in [1.29, 1.82) is 0 Å². The molecule has 20 heavy (non-hydrogen) atoms. The van der Waals surface area contributed by atoms with E-state index in [2.05, 4.69) is 49.3 Å². The highest BCUT2D eigenvalue weighted by molar-refractivity contribution is 9.11. The Labute approximate surface area is 137 Å². The van der Waals surface area contributed by atoms with Crippen molar-refractivity contribution in [2.24, 2.45) is 5.92 Å². The Bertz CT molecular complexity index is 430. The Morgan fingerprint density at radius 3 is 2.55 bits per heavy atom. The van der Waals surface area contributed by atoms with Crippen molar-refractivity contribution in [3.63, 3.8) is 0 Å². The average Bonchev–Trinajstić information content (AvgIpc) is 2.80. The molecule has 0 bridgehead atoms. The van der Waals surface area contributed by atoms with E-state index in [0.29, 0.717) is 12.5 Å². The third-order valence-electron chi connectivity index (χ3n) is 3.70. The van der Waals surface area contributed by atoms with Crippen molar-refractivity contribution in [2.75, 3.05) is 13.2 Å². The summed E-state index contributed by atoms with van der Waals surface area (Å²) in [6.45, 7) is 4.30. The van der Waals surface area contributed by atoms with E-state index in [-0.39, 0.29) is 6.10 Å². The predicted octanol–water partition coefficient (Wildman–Crippen LogP) is 3.86. The van der Waals surface area contributed by atoms with Crippen LogP contribution in [0.3, 0.4) is 0 Å². The zero-order chi connectivity index (χ0) is 14.5. The first-order valence-electron chi connectivity index (χ1n) is 7.11. The smallest absolute Gasteiger partial charge is 0.147 e. The molecule has 0 spiro atoms. The van der Waals surface area contributed by atoms with Gasteiger partial charge in [0.05, 0.1) is 21.7 Å². The molecular formula is C15H21Br2NO2. The van der Waals surface area contributed by atoms with E-state index in [0.717, 1.165) is 47.0 Å². The number of nitrogens with one attached hydrogen (secondary N) is 1. The molecule has 1 aliphatic carbocycles. The van der Waals surface area contributed by atoms with E-state index in [1.54, 1.807) is 0 Å². The number of benzene rings is 1. The summed E-state index contributed by atoms with van der Waals surface area (Å²) in [4.78, 5) is 0. The molecule has 0 aliphatic heterocycles. The second-order valence-electron chi connectivity index (χ2n) is 5.21. The summed E-state index contributed by atoms with van der Waals surface area (Å²) >= 11 is 7.09. The summed E-state index contributed by atoms with van der Waals surface area (Å²) in [5.74, 6) is 1.26. The molecule has 0 aromatic heterocycles. The molecule has 1 aromatic rings. The fraction of sp³-hybridized carbons (Fsp3) is 0.600. The van der Waals surface area contributed by atoms with E-state index in [4.69, 9.17) is 4.74 Å². The van der Waals surface area contributed by atoms with Crippen LogP contribution in [0.25, 0.3) is 0 Å². The fourth-order valence-corrected chi connectivity index (χ4v) is 4.16. The summed E-state index contributed by atoms with van der Waals surface area (Å²) in [5, 5.41) is 13.2. The first-order valence-corrected chi connectivity index (χ1v) is 8.70. The molecule has 0 radical (unpaired) electrons. The molecule has 1 aromatic carbocycles. The van der Waals surface area contributed by atoms with E-state index < -0.39 is 0 Å². The van der Waals surface area contributed by atoms with Crippen LogP contribution >= 0.6 is 31.9 Å². The van der Waals surface area contributed by atoms with Crippen LogP contribution in [0.5, 0.6) is 5.75 Å². The standard InChI is InChI=1S/C15H21Br2NO2/c1-2-20-15-12(16)6-10(7-13(15)17)8-18-9-11-4-3-5-14(11)19/h6-7,11,14,18-19H,2-5,8-9H2,1H3. The lowest BCUT2D eigenvalue weighted by molar-refractivity contribution is 0.131. The molecule has 2 atom stereocenters. The third kappa shape index (κ3) is 4.20. The van der Waals surface area contributed by atoms with Crippen LogP contribution in [0.2, 0.25) is 0 Å². The highest BCUT2D eigenvalue weighted by Gasteiger charge is 2.24. The fourth-order valence-electron chi connectivity index (χ4n) is 2.65. The van der Waals surface area contributed by atoms with Gasteiger partial charge in [0.25, 0.3) is 0 Å². The number of aliphatic hydroxyl groups is 1. The molecule has 5 heteroatoms. The molecule has 112 valence electrons. The van der Waals surface area contributed by atoms with Crippen LogP contribution in [-0.2, 0) is 6.54 Å². The monoisotopic (exact) mass is 405 g/mol. The highest BCUT2D eigenvalue weighted by atomic mass is 79.9. The number of rotatable bonds is 6. The molecule has 1 saturated carbocycles. The van der Waals surface area contributed by atoms with Crippen molar-refractivity contribution in [1.82, 2.24) is 5.32 Å². The average molecular weight is 407 g/mol. The van der Waals surface area contributed by atoms with Crippen LogP contribution in [-0.4, -0.2) is 24.4 Å². The van der Waals surface area contributed by atoms with Gasteiger partial charge in [-0.15, -0.1) is 0 Å². The minimum absolute atomic E-state index is 0.124. The maximum atomic E-state index is 9.80. The van der Waals surface area contributed by atoms with Crippen molar-refractivity contribution >= 4 is 31.9 Å². The number of ether oxygens (including phenoxy) is 1. The quantitative estimate of drug-likeness (QED) is 0.753. The summed E-state index contributed by atoms with van der Waals surface area (Å²) in [6, 6.07) is 4.15. The van der Waals surface area contributed by atoms with E-state index in [1.807, 2.05) is 6.92 Å². The molecule has 2 N–H and O–H groups in total. The number of halogens is 2. The van der Waals surface area contributed by atoms with Crippen LogP contribution in [0.4, 0.5) is 0 Å². The van der Waals surface area contributed by atoms with Crippen molar-refractivity contribution in [3.8, 4) is 5.75 Å². The van der Waals surface area contributed by atoms with Gasteiger partial charge in [-0.2, -0.15) is 0 Å². The molecule has 1 aliphatic rings. The highest BCUT2D eigenvalue weighted by Crippen LogP contribution is 2.34. The number of hydrogen-bond acceptors (Lipinski definition) is 3. The first-order chi connectivity index (χ1) is 9.61. The molecule has 1 fully saturated rings. The largest absolute Gasteiger partial charge is 0.492 e. The Morgan fingerprint density at radius 1 is 1.30 bits per heavy atom. The zero-order valence-electron chi connectivity index (χ0n) is 11.7. The van der Waals surface area contributed by atoms with Crippen LogP contribution in [0, 0.1) is 5.92 Å². The molecule has 0 saturated heterocycles. The Kier molecular flexibility index (Phi) is 6.33. The molecule has 2 unspecified atom stereocenters.